The van der Waals surface area contributed by atoms with Gasteiger partial charge >= 0.3 is 0 Å². The van der Waals surface area contributed by atoms with E-state index in [4.69, 9.17) is 5.26 Å². The van der Waals surface area contributed by atoms with Gasteiger partial charge in [0.05, 0.1) is 5.57 Å². The van der Waals surface area contributed by atoms with Crippen LogP contribution in [0.15, 0.2) is 34.9 Å². The van der Waals surface area contributed by atoms with Gasteiger partial charge in [-0.1, -0.05) is 18.7 Å². The molecule has 0 amide bonds. The first kappa shape index (κ1) is 9.19. The SMILES string of the molecule is C=C/C=C(C#N)\C(Br)=C/C. The Labute approximate surface area is 69.5 Å². The normalized spacial score (nSPS) is 12.5. The number of nitriles is 1. The van der Waals surface area contributed by atoms with Crippen molar-refractivity contribution in [2.45, 2.75) is 6.92 Å². The molecule has 52 valence electrons. The summed E-state index contributed by atoms with van der Waals surface area (Å²) in [6.07, 6.45) is 5.06. The maximum absolute atomic E-state index is 8.52. The van der Waals surface area contributed by atoms with Crippen LogP contribution in [-0.2, 0) is 0 Å². The molecule has 0 radical (unpaired) electrons. The average molecular weight is 198 g/mol. The minimum absolute atomic E-state index is 0.595. The second kappa shape index (κ2) is 5.01. The van der Waals surface area contributed by atoms with Gasteiger partial charge in [-0.05, 0) is 28.9 Å². The van der Waals surface area contributed by atoms with E-state index in [9.17, 15) is 0 Å². The van der Waals surface area contributed by atoms with Gasteiger partial charge in [0.15, 0.2) is 0 Å². The molecule has 0 aliphatic rings. The molecule has 0 bridgehead atoms. The van der Waals surface area contributed by atoms with Crippen molar-refractivity contribution in [3.63, 3.8) is 0 Å². The molecule has 0 fully saturated rings. The maximum Gasteiger partial charge on any atom is 0.100 e. The fraction of sp³-hybridized carbons (Fsp3) is 0.125. The molecule has 0 aliphatic heterocycles. The molecule has 0 spiro atoms. The van der Waals surface area contributed by atoms with Crippen LogP contribution >= 0.6 is 15.9 Å². The lowest BCUT2D eigenvalue weighted by Crippen LogP contribution is -1.74. The second-order valence-electron chi connectivity index (χ2n) is 1.56. The van der Waals surface area contributed by atoms with Crippen LogP contribution in [-0.4, -0.2) is 0 Å². The van der Waals surface area contributed by atoms with Gasteiger partial charge in [-0.25, -0.2) is 0 Å². The third kappa shape index (κ3) is 2.65. The molecule has 10 heavy (non-hydrogen) atoms. The summed E-state index contributed by atoms with van der Waals surface area (Å²) < 4.78 is 0.801. The van der Waals surface area contributed by atoms with Crippen molar-refractivity contribution >= 4 is 15.9 Å². The predicted molar refractivity (Wildman–Crippen MR) is 46.6 cm³/mol. The summed E-state index contributed by atoms with van der Waals surface area (Å²) >= 11 is 3.23. The van der Waals surface area contributed by atoms with E-state index < -0.39 is 0 Å². The van der Waals surface area contributed by atoms with Gasteiger partial charge in [-0.15, -0.1) is 0 Å². The smallest absolute Gasteiger partial charge is 0.100 e. The molecule has 0 saturated heterocycles. The molecular weight excluding hydrogens is 190 g/mol. The summed E-state index contributed by atoms with van der Waals surface area (Å²) in [5.74, 6) is 0. The van der Waals surface area contributed by atoms with E-state index in [1.165, 1.54) is 0 Å². The number of hydrogen-bond donors (Lipinski definition) is 0. The Bertz CT molecular complexity index is 218. The van der Waals surface area contributed by atoms with Crippen molar-refractivity contribution in [2.75, 3.05) is 0 Å². The summed E-state index contributed by atoms with van der Waals surface area (Å²) in [5.41, 5.74) is 0.595. The first-order valence-electron chi connectivity index (χ1n) is 2.81. The summed E-state index contributed by atoms with van der Waals surface area (Å²) in [6, 6.07) is 2.03. The summed E-state index contributed by atoms with van der Waals surface area (Å²) in [7, 11) is 0. The zero-order valence-corrected chi connectivity index (χ0v) is 7.35. The van der Waals surface area contributed by atoms with Crippen LogP contribution in [0.4, 0.5) is 0 Å². The van der Waals surface area contributed by atoms with Crippen LogP contribution in [0.25, 0.3) is 0 Å². The monoisotopic (exact) mass is 197 g/mol. The van der Waals surface area contributed by atoms with E-state index in [1.54, 1.807) is 12.2 Å². The fourth-order valence-electron chi connectivity index (χ4n) is 0.444. The molecule has 0 atom stereocenters. The molecule has 0 aromatic heterocycles. The van der Waals surface area contributed by atoms with Gasteiger partial charge in [0.2, 0.25) is 0 Å². The van der Waals surface area contributed by atoms with E-state index in [2.05, 4.69) is 22.5 Å². The van der Waals surface area contributed by atoms with E-state index in [1.807, 2.05) is 19.1 Å². The topological polar surface area (TPSA) is 23.8 Å². The number of nitrogens with zero attached hydrogens (tertiary/aromatic N) is 1. The van der Waals surface area contributed by atoms with Crippen molar-refractivity contribution in [3.8, 4) is 6.07 Å². The van der Waals surface area contributed by atoms with Gasteiger partial charge < -0.3 is 0 Å². The fourth-order valence-corrected chi connectivity index (χ4v) is 0.664. The lowest BCUT2D eigenvalue weighted by atomic mass is 10.2. The van der Waals surface area contributed by atoms with Gasteiger partial charge in [0.1, 0.15) is 6.07 Å². The van der Waals surface area contributed by atoms with Crippen molar-refractivity contribution in [2.24, 2.45) is 0 Å². The van der Waals surface area contributed by atoms with Crippen LogP contribution in [0.3, 0.4) is 0 Å². The molecule has 1 nitrogen and oxygen atoms in total. The summed E-state index contributed by atoms with van der Waals surface area (Å²) in [5, 5.41) is 8.52. The Morgan fingerprint density at radius 2 is 2.30 bits per heavy atom. The summed E-state index contributed by atoms with van der Waals surface area (Å²) in [6.45, 7) is 5.35. The molecule has 0 aliphatic carbocycles. The number of halogens is 1. The highest BCUT2D eigenvalue weighted by molar-refractivity contribution is 9.12. The first-order valence-corrected chi connectivity index (χ1v) is 3.60. The molecule has 2 heteroatoms. The van der Waals surface area contributed by atoms with E-state index in [0.29, 0.717) is 5.57 Å². The van der Waals surface area contributed by atoms with Crippen LogP contribution in [0.2, 0.25) is 0 Å². The van der Waals surface area contributed by atoms with E-state index in [0.717, 1.165) is 4.48 Å². The van der Waals surface area contributed by atoms with Gasteiger partial charge in [0.25, 0.3) is 0 Å². The first-order chi connectivity index (χ1) is 4.76. The minimum atomic E-state index is 0.595. The molecule has 0 rings (SSSR count). The van der Waals surface area contributed by atoms with Crippen LogP contribution in [0, 0.1) is 11.3 Å². The number of rotatable bonds is 2. The van der Waals surface area contributed by atoms with Gasteiger partial charge in [-0.2, -0.15) is 5.26 Å². The van der Waals surface area contributed by atoms with E-state index in [-0.39, 0.29) is 0 Å². The van der Waals surface area contributed by atoms with Crippen molar-refractivity contribution in [3.05, 3.63) is 34.9 Å². The van der Waals surface area contributed by atoms with E-state index >= 15 is 0 Å². The Kier molecular flexibility index (Phi) is 4.61. The Balaban J connectivity index is 4.56. The van der Waals surface area contributed by atoms with Crippen LogP contribution in [0.5, 0.6) is 0 Å². The maximum atomic E-state index is 8.52. The minimum Gasteiger partial charge on any atom is -0.192 e. The molecular formula is C8H8BrN. The third-order valence-electron chi connectivity index (χ3n) is 0.916. The molecule has 0 unspecified atom stereocenters. The zero-order valence-electron chi connectivity index (χ0n) is 5.76. The van der Waals surface area contributed by atoms with Gasteiger partial charge in [-0.3, -0.25) is 0 Å². The molecule has 0 aromatic rings. The van der Waals surface area contributed by atoms with Gasteiger partial charge in [0, 0.05) is 4.48 Å². The highest BCUT2D eigenvalue weighted by Gasteiger charge is 1.95. The highest BCUT2D eigenvalue weighted by atomic mass is 79.9. The largest absolute Gasteiger partial charge is 0.192 e. The standard InChI is InChI=1S/C8H8BrN/c1-3-5-7(6-10)8(9)4-2/h3-5H,1H2,2H3/b7-5-,8-4+. The Morgan fingerprint density at radius 1 is 1.70 bits per heavy atom. The molecule has 0 saturated carbocycles. The van der Waals surface area contributed by atoms with Crippen molar-refractivity contribution in [1.29, 1.82) is 5.26 Å². The molecule has 0 aromatic carbocycles. The lowest BCUT2D eigenvalue weighted by Gasteiger charge is -1.90. The second-order valence-corrected chi connectivity index (χ2v) is 2.42. The number of hydrogen-bond acceptors (Lipinski definition) is 1. The number of allylic oxidation sites excluding steroid dienone is 5. The Hall–Kier alpha value is -0.810. The highest BCUT2D eigenvalue weighted by Crippen LogP contribution is 2.15. The zero-order chi connectivity index (χ0) is 7.98. The van der Waals surface area contributed by atoms with Crippen molar-refractivity contribution < 1.29 is 0 Å². The molecule has 0 heterocycles. The third-order valence-corrected chi connectivity index (χ3v) is 1.80. The lowest BCUT2D eigenvalue weighted by molar-refractivity contribution is 1.48. The Morgan fingerprint density at radius 3 is 2.60 bits per heavy atom. The summed E-state index contributed by atoms with van der Waals surface area (Å²) in [4.78, 5) is 0. The van der Waals surface area contributed by atoms with Crippen LogP contribution < -0.4 is 0 Å². The van der Waals surface area contributed by atoms with Crippen molar-refractivity contribution in [1.82, 2.24) is 0 Å². The average Bonchev–Trinajstić information content (AvgIpc) is 1.99. The predicted octanol–water partition coefficient (Wildman–Crippen LogP) is 2.92. The molecule has 0 N–H and O–H groups in total. The quantitative estimate of drug-likeness (QED) is 0.494. The van der Waals surface area contributed by atoms with Crippen LogP contribution in [0.1, 0.15) is 6.92 Å².